The summed E-state index contributed by atoms with van der Waals surface area (Å²) >= 11 is 0. The molecule has 1 aromatic rings. The standard InChI is InChI=1S/C11H13F2N/c1-14-8-3-2-5-9-10(12)6-4-7-11(9)13/h2,4-7,14H,3,8H2,1H3. The molecule has 76 valence electrons. The predicted octanol–water partition coefficient (Wildman–Crippen LogP) is 2.59. The molecule has 0 atom stereocenters. The van der Waals surface area contributed by atoms with E-state index in [2.05, 4.69) is 5.32 Å². The van der Waals surface area contributed by atoms with E-state index in [9.17, 15) is 8.78 Å². The molecule has 0 radical (unpaired) electrons. The van der Waals surface area contributed by atoms with Gasteiger partial charge in [0.25, 0.3) is 0 Å². The second-order valence-corrected chi connectivity index (χ2v) is 2.93. The smallest absolute Gasteiger partial charge is 0.133 e. The number of hydrogen-bond donors (Lipinski definition) is 1. The zero-order valence-corrected chi connectivity index (χ0v) is 8.06. The van der Waals surface area contributed by atoms with Crippen LogP contribution in [0, 0.1) is 11.6 Å². The third kappa shape index (κ3) is 2.92. The van der Waals surface area contributed by atoms with Gasteiger partial charge < -0.3 is 5.32 Å². The summed E-state index contributed by atoms with van der Waals surface area (Å²) in [6.07, 6.45) is 3.98. The van der Waals surface area contributed by atoms with Crippen molar-refractivity contribution in [2.75, 3.05) is 13.6 Å². The second-order valence-electron chi connectivity index (χ2n) is 2.93. The first-order chi connectivity index (χ1) is 6.75. The Bertz CT molecular complexity index is 301. The molecule has 14 heavy (non-hydrogen) atoms. The fourth-order valence-corrected chi connectivity index (χ4v) is 1.10. The zero-order valence-electron chi connectivity index (χ0n) is 8.06. The van der Waals surface area contributed by atoms with Gasteiger partial charge in [-0.3, -0.25) is 0 Å². The van der Waals surface area contributed by atoms with Crippen molar-refractivity contribution in [3.63, 3.8) is 0 Å². The average Bonchev–Trinajstić information content (AvgIpc) is 2.16. The van der Waals surface area contributed by atoms with Gasteiger partial charge in [-0.15, -0.1) is 0 Å². The van der Waals surface area contributed by atoms with Crippen LogP contribution in [-0.2, 0) is 0 Å². The van der Waals surface area contributed by atoms with Crippen LogP contribution in [0.15, 0.2) is 24.3 Å². The maximum absolute atomic E-state index is 13.1. The highest BCUT2D eigenvalue weighted by Gasteiger charge is 2.03. The minimum absolute atomic E-state index is 0.0311. The van der Waals surface area contributed by atoms with Gasteiger partial charge in [0.15, 0.2) is 0 Å². The first-order valence-electron chi connectivity index (χ1n) is 4.51. The Labute approximate surface area is 82.4 Å². The summed E-state index contributed by atoms with van der Waals surface area (Å²) in [7, 11) is 1.83. The molecule has 0 spiro atoms. The van der Waals surface area contributed by atoms with E-state index in [1.54, 1.807) is 6.08 Å². The van der Waals surface area contributed by atoms with Gasteiger partial charge in [0, 0.05) is 5.56 Å². The Morgan fingerprint density at radius 2 is 1.93 bits per heavy atom. The third-order valence-corrected chi connectivity index (χ3v) is 1.85. The zero-order chi connectivity index (χ0) is 10.4. The molecule has 1 rings (SSSR count). The van der Waals surface area contributed by atoms with Crippen LogP contribution in [0.25, 0.3) is 6.08 Å². The second kappa shape index (κ2) is 5.50. The largest absolute Gasteiger partial charge is 0.319 e. The maximum Gasteiger partial charge on any atom is 0.133 e. The molecule has 1 nitrogen and oxygen atoms in total. The summed E-state index contributed by atoms with van der Waals surface area (Å²) in [6, 6.07) is 3.86. The molecule has 0 saturated carbocycles. The molecular formula is C11H13F2N. The average molecular weight is 197 g/mol. The SMILES string of the molecule is CNCCC=Cc1c(F)cccc1F. The van der Waals surface area contributed by atoms with Crippen molar-refractivity contribution in [2.45, 2.75) is 6.42 Å². The number of nitrogens with one attached hydrogen (secondary N) is 1. The molecule has 0 fully saturated rings. The maximum atomic E-state index is 13.1. The fourth-order valence-electron chi connectivity index (χ4n) is 1.10. The molecule has 1 aromatic carbocycles. The third-order valence-electron chi connectivity index (χ3n) is 1.85. The van der Waals surface area contributed by atoms with Crippen LogP contribution in [0.1, 0.15) is 12.0 Å². The van der Waals surface area contributed by atoms with Gasteiger partial charge >= 0.3 is 0 Å². The lowest BCUT2D eigenvalue weighted by Crippen LogP contribution is -2.05. The molecule has 0 aromatic heterocycles. The summed E-state index contributed by atoms with van der Waals surface area (Å²) in [6.45, 7) is 0.798. The van der Waals surface area contributed by atoms with E-state index in [1.165, 1.54) is 24.3 Å². The molecule has 3 heteroatoms. The predicted molar refractivity (Wildman–Crippen MR) is 53.9 cm³/mol. The van der Waals surface area contributed by atoms with Gasteiger partial charge in [-0.05, 0) is 32.1 Å². The topological polar surface area (TPSA) is 12.0 Å². The van der Waals surface area contributed by atoms with Crippen molar-refractivity contribution in [3.05, 3.63) is 41.5 Å². The van der Waals surface area contributed by atoms with E-state index in [0.717, 1.165) is 13.0 Å². The molecule has 0 amide bonds. The molecule has 0 aliphatic heterocycles. The van der Waals surface area contributed by atoms with Crippen LogP contribution >= 0.6 is 0 Å². The van der Waals surface area contributed by atoms with Crippen LogP contribution < -0.4 is 5.32 Å². The van der Waals surface area contributed by atoms with Crippen molar-refractivity contribution < 1.29 is 8.78 Å². The summed E-state index contributed by atoms with van der Waals surface area (Å²) in [4.78, 5) is 0. The molecular weight excluding hydrogens is 184 g/mol. The minimum Gasteiger partial charge on any atom is -0.319 e. The normalized spacial score (nSPS) is 11.1. The lowest BCUT2D eigenvalue weighted by atomic mass is 10.1. The van der Waals surface area contributed by atoms with Crippen molar-refractivity contribution in [1.29, 1.82) is 0 Å². The number of rotatable bonds is 4. The van der Waals surface area contributed by atoms with E-state index in [-0.39, 0.29) is 5.56 Å². The van der Waals surface area contributed by atoms with Crippen molar-refractivity contribution in [2.24, 2.45) is 0 Å². The Morgan fingerprint density at radius 1 is 1.29 bits per heavy atom. The molecule has 0 aliphatic carbocycles. The number of hydrogen-bond acceptors (Lipinski definition) is 1. The number of benzene rings is 1. The van der Waals surface area contributed by atoms with Gasteiger partial charge in [0.1, 0.15) is 11.6 Å². The van der Waals surface area contributed by atoms with E-state index in [1.807, 2.05) is 7.05 Å². The fraction of sp³-hybridized carbons (Fsp3) is 0.273. The highest BCUT2D eigenvalue weighted by atomic mass is 19.1. The Kier molecular flexibility index (Phi) is 4.26. The van der Waals surface area contributed by atoms with Crippen LogP contribution in [0.5, 0.6) is 0 Å². The molecule has 0 aliphatic rings. The van der Waals surface area contributed by atoms with Crippen molar-refractivity contribution >= 4 is 6.08 Å². The van der Waals surface area contributed by atoms with Gasteiger partial charge in [-0.2, -0.15) is 0 Å². The van der Waals surface area contributed by atoms with Gasteiger partial charge in [0.2, 0.25) is 0 Å². The first-order valence-corrected chi connectivity index (χ1v) is 4.51. The van der Waals surface area contributed by atoms with E-state index >= 15 is 0 Å². The molecule has 0 unspecified atom stereocenters. The molecule has 0 heterocycles. The molecule has 0 saturated heterocycles. The van der Waals surface area contributed by atoms with E-state index < -0.39 is 11.6 Å². The lowest BCUT2D eigenvalue weighted by Gasteiger charge is -1.98. The summed E-state index contributed by atoms with van der Waals surface area (Å²) in [5, 5.41) is 2.94. The van der Waals surface area contributed by atoms with Gasteiger partial charge in [-0.1, -0.05) is 18.2 Å². The van der Waals surface area contributed by atoms with Gasteiger partial charge in [-0.25, -0.2) is 8.78 Å². The van der Waals surface area contributed by atoms with Crippen LogP contribution in [0.3, 0.4) is 0 Å². The minimum atomic E-state index is -0.522. The van der Waals surface area contributed by atoms with Crippen LogP contribution in [0.4, 0.5) is 8.78 Å². The quantitative estimate of drug-likeness (QED) is 0.731. The highest BCUT2D eigenvalue weighted by molar-refractivity contribution is 5.50. The lowest BCUT2D eigenvalue weighted by molar-refractivity contribution is 0.578. The Balaban J connectivity index is 2.70. The molecule has 1 N–H and O–H groups in total. The van der Waals surface area contributed by atoms with E-state index in [0.29, 0.717) is 0 Å². The summed E-state index contributed by atoms with van der Waals surface area (Å²) in [5.41, 5.74) is 0.0311. The van der Waals surface area contributed by atoms with Crippen molar-refractivity contribution in [1.82, 2.24) is 5.32 Å². The number of halogens is 2. The highest BCUT2D eigenvalue weighted by Crippen LogP contribution is 2.13. The first kappa shape index (κ1) is 10.9. The summed E-state index contributed by atoms with van der Waals surface area (Å²) < 4.78 is 26.1. The Morgan fingerprint density at radius 3 is 2.50 bits per heavy atom. The van der Waals surface area contributed by atoms with Crippen LogP contribution in [0.2, 0.25) is 0 Å². The Hall–Kier alpha value is -1.22. The van der Waals surface area contributed by atoms with Gasteiger partial charge in [0.05, 0.1) is 0 Å². The van der Waals surface area contributed by atoms with E-state index in [4.69, 9.17) is 0 Å². The monoisotopic (exact) mass is 197 g/mol. The molecule has 0 bridgehead atoms. The van der Waals surface area contributed by atoms with Crippen molar-refractivity contribution in [3.8, 4) is 0 Å². The van der Waals surface area contributed by atoms with Crippen LogP contribution in [-0.4, -0.2) is 13.6 Å². The summed E-state index contributed by atoms with van der Waals surface area (Å²) in [5.74, 6) is -1.04.